The van der Waals surface area contributed by atoms with E-state index in [0.29, 0.717) is 0 Å². The minimum absolute atomic E-state index is 0.107. The van der Waals surface area contributed by atoms with Gasteiger partial charge in [-0.2, -0.15) is 0 Å². The third-order valence-corrected chi connectivity index (χ3v) is 3.19. The molecule has 5 nitrogen and oxygen atoms in total. The van der Waals surface area contributed by atoms with Crippen molar-refractivity contribution >= 4 is 11.6 Å². The van der Waals surface area contributed by atoms with E-state index in [1.54, 1.807) is 0 Å². The van der Waals surface area contributed by atoms with Gasteiger partial charge in [0.25, 0.3) is 0 Å². The third-order valence-electron chi connectivity index (χ3n) is 3.19. The lowest BCUT2D eigenvalue weighted by Gasteiger charge is -2.15. The molecule has 0 fully saturated rings. The Morgan fingerprint density at radius 2 is 2.00 bits per heavy atom. The monoisotopic (exact) mass is 274 g/mol. The molecule has 0 spiro atoms. The molecule has 2 rings (SSSR count). The normalized spacial score (nSPS) is 12.2. The number of aromatic nitrogens is 2. The van der Waals surface area contributed by atoms with Gasteiger partial charge >= 0.3 is 0 Å². The standard InChI is InChI=1S/C15H22N4O/c1-5-9-16-13-7-6-8-14(18-13)17-10(2)15-11(3)19-20-12(15)4/h6-8,10H,5,9H2,1-4H3,(H2,16,17,18). The summed E-state index contributed by atoms with van der Waals surface area (Å²) in [6.45, 7) is 9.03. The molecule has 2 aromatic heterocycles. The summed E-state index contributed by atoms with van der Waals surface area (Å²) in [4.78, 5) is 4.55. The first-order valence-electron chi connectivity index (χ1n) is 7.02. The molecule has 2 heterocycles. The van der Waals surface area contributed by atoms with Gasteiger partial charge in [0.15, 0.2) is 0 Å². The number of pyridine rings is 1. The summed E-state index contributed by atoms with van der Waals surface area (Å²) < 4.78 is 5.21. The fourth-order valence-electron chi connectivity index (χ4n) is 2.27. The Hall–Kier alpha value is -2.04. The van der Waals surface area contributed by atoms with Gasteiger partial charge in [-0.25, -0.2) is 4.98 Å². The van der Waals surface area contributed by atoms with Crippen LogP contribution in [0, 0.1) is 13.8 Å². The van der Waals surface area contributed by atoms with Gasteiger partial charge in [-0.3, -0.25) is 0 Å². The molecule has 0 radical (unpaired) electrons. The maximum atomic E-state index is 5.21. The molecular weight excluding hydrogens is 252 g/mol. The minimum Gasteiger partial charge on any atom is -0.370 e. The fourth-order valence-corrected chi connectivity index (χ4v) is 2.27. The van der Waals surface area contributed by atoms with Gasteiger partial charge in [0.2, 0.25) is 0 Å². The maximum Gasteiger partial charge on any atom is 0.139 e. The molecule has 0 saturated heterocycles. The Morgan fingerprint density at radius 3 is 2.65 bits per heavy atom. The highest BCUT2D eigenvalue weighted by atomic mass is 16.5. The van der Waals surface area contributed by atoms with Crippen molar-refractivity contribution in [2.75, 3.05) is 17.2 Å². The summed E-state index contributed by atoms with van der Waals surface area (Å²) in [5, 5.41) is 10.7. The third kappa shape index (κ3) is 3.29. The molecule has 0 amide bonds. The van der Waals surface area contributed by atoms with Crippen LogP contribution in [-0.4, -0.2) is 16.7 Å². The summed E-state index contributed by atoms with van der Waals surface area (Å²) in [5.41, 5.74) is 2.02. The van der Waals surface area contributed by atoms with Crippen LogP contribution in [0.5, 0.6) is 0 Å². The second-order valence-corrected chi connectivity index (χ2v) is 4.94. The van der Waals surface area contributed by atoms with Crippen LogP contribution in [0.1, 0.15) is 43.3 Å². The van der Waals surface area contributed by atoms with Crippen molar-refractivity contribution in [3.63, 3.8) is 0 Å². The summed E-state index contributed by atoms with van der Waals surface area (Å²) in [5.74, 6) is 2.59. The van der Waals surface area contributed by atoms with E-state index < -0.39 is 0 Å². The lowest BCUT2D eigenvalue weighted by Crippen LogP contribution is -2.10. The van der Waals surface area contributed by atoms with E-state index in [1.807, 2.05) is 32.0 Å². The average Bonchev–Trinajstić information content (AvgIpc) is 2.76. The number of nitrogens with one attached hydrogen (secondary N) is 2. The quantitative estimate of drug-likeness (QED) is 0.841. The molecule has 0 aliphatic heterocycles. The number of hydrogen-bond donors (Lipinski definition) is 2. The van der Waals surface area contributed by atoms with E-state index in [4.69, 9.17) is 4.52 Å². The summed E-state index contributed by atoms with van der Waals surface area (Å²) in [6, 6.07) is 6.04. The van der Waals surface area contributed by atoms with Crippen LogP contribution in [0.4, 0.5) is 11.6 Å². The first-order chi connectivity index (χ1) is 9.61. The molecule has 20 heavy (non-hydrogen) atoms. The molecule has 5 heteroatoms. The zero-order chi connectivity index (χ0) is 14.5. The predicted molar refractivity (Wildman–Crippen MR) is 81.0 cm³/mol. The van der Waals surface area contributed by atoms with Gasteiger partial charge in [-0.1, -0.05) is 18.1 Å². The average molecular weight is 274 g/mol. The first-order valence-corrected chi connectivity index (χ1v) is 7.02. The lowest BCUT2D eigenvalue weighted by atomic mass is 10.1. The van der Waals surface area contributed by atoms with Crippen LogP contribution in [0.3, 0.4) is 0 Å². The van der Waals surface area contributed by atoms with Gasteiger partial charge in [0.1, 0.15) is 17.4 Å². The summed E-state index contributed by atoms with van der Waals surface area (Å²) in [6.07, 6.45) is 1.08. The van der Waals surface area contributed by atoms with E-state index in [2.05, 4.69) is 34.6 Å². The van der Waals surface area contributed by atoms with Gasteiger partial charge in [-0.15, -0.1) is 0 Å². The lowest BCUT2D eigenvalue weighted by molar-refractivity contribution is 0.392. The highest BCUT2D eigenvalue weighted by Gasteiger charge is 2.16. The maximum absolute atomic E-state index is 5.21. The Morgan fingerprint density at radius 1 is 1.25 bits per heavy atom. The van der Waals surface area contributed by atoms with Crippen LogP contribution < -0.4 is 10.6 Å². The van der Waals surface area contributed by atoms with Crippen molar-refractivity contribution in [2.45, 2.75) is 40.2 Å². The molecule has 108 valence electrons. The molecule has 0 bridgehead atoms. The highest BCUT2D eigenvalue weighted by molar-refractivity contribution is 5.47. The largest absolute Gasteiger partial charge is 0.370 e. The van der Waals surface area contributed by atoms with Crippen molar-refractivity contribution in [1.82, 2.24) is 10.1 Å². The SMILES string of the molecule is CCCNc1cccc(NC(C)c2c(C)noc2C)n1. The number of rotatable bonds is 6. The topological polar surface area (TPSA) is 63.0 Å². The van der Waals surface area contributed by atoms with Crippen molar-refractivity contribution in [3.05, 3.63) is 35.2 Å². The van der Waals surface area contributed by atoms with E-state index in [9.17, 15) is 0 Å². The number of anilines is 2. The molecule has 0 aliphatic carbocycles. The van der Waals surface area contributed by atoms with Crippen LogP contribution in [0.2, 0.25) is 0 Å². The molecular formula is C15H22N4O. The molecule has 0 aliphatic rings. The van der Waals surface area contributed by atoms with Crippen LogP contribution in [-0.2, 0) is 0 Å². The van der Waals surface area contributed by atoms with E-state index in [1.165, 1.54) is 0 Å². The van der Waals surface area contributed by atoms with E-state index in [-0.39, 0.29) is 6.04 Å². The van der Waals surface area contributed by atoms with Gasteiger partial charge < -0.3 is 15.2 Å². The van der Waals surface area contributed by atoms with Crippen LogP contribution in [0.15, 0.2) is 22.7 Å². The molecule has 2 aromatic rings. The predicted octanol–water partition coefficient (Wildman–Crippen LogP) is 3.68. The van der Waals surface area contributed by atoms with Crippen molar-refractivity contribution in [2.24, 2.45) is 0 Å². The number of nitrogens with zero attached hydrogens (tertiary/aromatic N) is 2. The Bertz CT molecular complexity index is 545. The van der Waals surface area contributed by atoms with Gasteiger partial charge in [0.05, 0.1) is 11.7 Å². The second kappa shape index (κ2) is 6.41. The first kappa shape index (κ1) is 14.4. The molecule has 0 aromatic carbocycles. The van der Waals surface area contributed by atoms with Crippen molar-refractivity contribution < 1.29 is 4.52 Å². The van der Waals surface area contributed by atoms with Crippen LogP contribution in [0.25, 0.3) is 0 Å². The second-order valence-electron chi connectivity index (χ2n) is 4.94. The zero-order valence-electron chi connectivity index (χ0n) is 12.5. The molecule has 0 saturated carbocycles. The smallest absolute Gasteiger partial charge is 0.139 e. The zero-order valence-corrected chi connectivity index (χ0v) is 12.5. The molecule has 1 atom stereocenters. The van der Waals surface area contributed by atoms with E-state index >= 15 is 0 Å². The Kier molecular flexibility index (Phi) is 4.61. The summed E-state index contributed by atoms with van der Waals surface area (Å²) >= 11 is 0. The van der Waals surface area contributed by atoms with Gasteiger partial charge in [-0.05, 0) is 39.3 Å². The van der Waals surface area contributed by atoms with Crippen LogP contribution >= 0.6 is 0 Å². The number of aryl methyl sites for hydroxylation is 2. The Labute approximate surface area is 119 Å². The number of hydrogen-bond acceptors (Lipinski definition) is 5. The molecule has 2 N–H and O–H groups in total. The fraction of sp³-hybridized carbons (Fsp3) is 0.467. The minimum atomic E-state index is 0.107. The van der Waals surface area contributed by atoms with Crippen molar-refractivity contribution in [3.8, 4) is 0 Å². The summed E-state index contributed by atoms with van der Waals surface area (Å²) in [7, 11) is 0. The molecule has 1 unspecified atom stereocenters. The highest BCUT2D eigenvalue weighted by Crippen LogP contribution is 2.24. The van der Waals surface area contributed by atoms with Gasteiger partial charge in [0, 0.05) is 12.1 Å². The van der Waals surface area contributed by atoms with E-state index in [0.717, 1.165) is 41.6 Å². The van der Waals surface area contributed by atoms with Crippen molar-refractivity contribution in [1.29, 1.82) is 0 Å². The Balaban J connectivity index is 2.09.